The maximum absolute atomic E-state index is 9.51. The van der Waals surface area contributed by atoms with Crippen molar-refractivity contribution >= 4 is 11.8 Å². The smallest absolute Gasteiger partial charge is 0.132 e. The summed E-state index contributed by atoms with van der Waals surface area (Å²) in [5.74, 6) is 0.725. The molecule has 5 nitrogen and oxygen atoms in total. The summed E-state index contributed by atoms with van der Waals surface area (Å²) in [5.41, 5.74) is -0.587. The van der Waals surface area contributed by atoms with E-state index in [1.807, 2.05) is 6.92 Å². The maximum atomic E-state index is 9.51. The molecule has 14 heavy (non-hydrogen) atoms. The summed E-state index contributed by atoms with van der Waals surface area (Å²) in [4.78, 5) is 0. The van der Waals surface area contributed by atoms with Crippen molar-refractivity contribution in [2.45, 2.75) is 36.8 Å². The van der Waals surface area contributed by atoms with Crippen LogP contribution in [-0.4, -0.2) is 62.6 Å². The van der Waals surface area contributed by atoms with Crippen molar-refractivity contribution in [1.82, 2.24) is 0 Å². The average Bonchev–Trinajstić information content (AvgIpc) is 2.19. The lowest BCUT2D eigenvalue weighted by atomic mass is 10.0. The number of thioether (sulfide) groups is 1. The fraction of sp³-hybridized carbons (Fsp3) is 1.00. The molecule has 1 fully saturated rings. The molecular formula is C8H16O5S. The Balaban J connectivity index is 2.63. The van der Waals surface area contributed by atoms with Crippen LogP contribution in [0.25, 0.3) is 0 Å². The van der Waals surface area contributed by atoms with E-state index in [1.165, 1.54) is 11.8 Å². The van der Waals surface area contributed by atoms with Crippen LogP contribution < -0.4 is 0 Å². The number of ether oxygens (including phenoxy) is 1. The van der Waals surface area contributed by atoms with E-state index in [2.05, 4.69) is 0 Å². The third-order valence-corrected chi connectivity index (χ3v) is 3.23. The topological polar surface area (TPSA) is 90.2 Å². The molecule has 1 rings (SSSR count). The first-order chi connectivity index (χ1) is 6.61. The lowest BCUT2D eigenvalue weighted by Crippen LogP contribution is -2.57. The second-order valence-electron chi connectivity index (χ2n) is 3.15. The van der Waals surface area contributed by atoms with Crippen LogP contribution in [0.5, 0.6) is 0 Å². The maximum Gasteiger partial charge on any atom is 0.132 e. The quantitative estimate of drug-likeness (QED) is 0.468. The Morgan fingerprint density at radius 3 is 2.29 bits per heavy atom. The van der Waals surface area contributed by atoms with Gasteiger partial charge in [0.2, 0.25) is 0 Å². The molecule has 1 saturated heterocycles. The van der Waals surface area contributed by atoms with Crippen molar-refractivity contribution in [2.75, 3.05) is 12.4 Å². The van der Waals surface area contributed by atoms with Crippen LogP contribution in [-0.2, 0) is 4.74 Å². The minimum atomic E-state index is -1.26. The SMILES string of the molecule is CCS[C@H]1O[C@H](CO)[C@@H](O)[C@H](O)[C@H]1O. The summed E-state index contributed by atoms with van der Waals surface area (Å²) < 4.78 is 5.22. The van der Waals surface area contributed by atoms with Gasteiger partial charge in [-0.1, -0.05) is 6.92 Å². The van der Waals surface area contributed by atoms with Crippen molar-refractivity contribution in [1.29, 1.82) is 0 Å². The second-order valence-corrected chi connectivity index (χ2v) is 4.53. The van der Waals surface area contributed by atoms with Crippen molar-refractivity contribution in [3.8, 4) is 0 Å². The Morgan fingerprint density at radius 1 is 1.14 bits per heavy atom. The van der Waals surface area contributed by atoms with Crippen LogP contribution in [0, 0.1) is 0 Å². The van der Waals surface area contributed by atoms with Crippen LogP contribution in [0.2, 0.25) is 0 Å². The van der Waals surface area contributed by atoms with Gasteiger partial charge < -0.3 is 25.2 Å². The molecule has 0 spiro atoms. The molecule has 4 N–H and O–H groups in total. The van der Waals surface area contributed by atoms with E-state index >= 15 is 0 Å². The zero-order valence-corrected chi connectivity index (χ0v) is 8.72. The van der Waals surface area contributed by atoms with Gasteiger partial charge in [0, 0.05) is 0 Å². The van der Waals surface area contributed by atoms with E-state index in [9.17, 15) is 15.3 Å². The highest BCUT2D eigenvalue weighted by molar-refractivity contribution is 7.99. The fourth-order valence-electron chi connectivity index (χ4n) is 1.37. The lowest BCUT2D eigenvalue weighted by Gasteiger charge is -2.39. The molecule has 0 bridgehead atoms. The van der Waals surface area contributed by atoms with Crippen LogP contribution in [0.1, 0.15) is 6.92 Å². The molecule has 0 radical (unpaired) electrons. The molecular weight excluding hydrogens is 208 g/mol. The van der Waals surface area contributed by atoms with Crippen LogP contribution >= 0.6 is 11.8 Å². The molecule has 1 heterocycles. The van der Waals surface area contributed by atoms with Gasteiger partial charge in [0.1, 0.15) is 29.9 Å². The third-order valence-electron chi connectivity index (χ3n) is 2.18. The number of aliphatic hydroxyl groups is 4. The van der Waals surface area contributed by atoms with Gasteiger partial charge in [-0.25, -0.2) is 0 Å². The molecule has 0 unspecified atom stereocenters. The number of rotatable bonds is 3. The zero-order chi connectivity index (χ0) is 10.7. The van der Waals surface area contributed by atoms with Gasteiger partial charge in [-0.2, -0.15) is 0 Å². The first-order valence-electron chi connectivity index (χ1n) is 4.54. The highest BCUT2D eigenvalue weighted by Gasteiger charge is 2.43. The first-order valence-corrected chi connectivity index (χ1v) is 5.58. The minimum absolute atomic E-state index is 0.369. The van der Waals surface area contributed by atoms with Gasteiger partial charge in [-0.05, 0) is 5.75 Å². The van der Waals surface area contributed by atoms with Gasteiger partial charge in [0.05, 0.1) is 6.61 Å². The number of hydrogen-bond acceptors (Lipinski definition) is 6. The summed E-state index contributed by atoms with van der Waals surface area (Å²) in [7, 11) is 0. The van der Waals surface area contributed by atoms with Gasteiger partial charge in [0.25, 0.3) is 0 Å². The highest BCUT2D eigenvalue weighted by atomic mass is 32.2. The van der Waals surface area contributed by atoms with E-state index in [-0.39, 0.29) is 6.61 Å². The molecule has 0 amide bonds. The molecule has 84 valence electrons. The summed E-state index contributed by atoms with van der Waals surface area (Å²) in [6.07, 6.45) is -4.43. The molecule has 5 atom stereocenters. The minimum Gasteiger partial charge on any atom is -0.394 e. The second kappa shape index (κ2) is 5.29. The number of hydrogen-bond donors (Lipinski definition) is 4. The summed E-state index contributed by atoms with van der Waals surface area (Å²) in [6.45, 7) is 1.53. The predicted octanol–water partition coefficient (Wildman–Crippen LogP) is -1.46. The highest BCUT2D eigenvalue weighted by Crippen LogP contribution is 2.27. The van der Waals surface area contributed by atoms with Crippen molar-refractivity contribution < 1.29 is 25.2 Å². The largest absolute Gasteiger partial charge is 0.394 e. The van der Waals surface area contributed by atoms with Crippen LogP contribution in [0.15, 0.2) is 0 Å². The van der Waals surface area contributed by atoms with E-state index in [1.54, 1.807) is 0 Å². The van der Waals surface area contributed by atoms with Crippen LogP contribution in [0.3, 0.4) is 0 Å². The van der Waals surface area contributed by atoms with Gasteiger partial charge >= 0.3 is 0 Å². The third kappa shape index (κ3) is 2.39. The lowest BCUT2D eigenvalue weighted by molar-refractivity contribution is -0.205. The summed E-state index contributed by atoms with van der Waals surface area (Å²) in [6, 6.07) is 0. The molecule has 0 aromatic carbocycles. The van der Waals surface area contributed by atoms with Crippen molar-refractivity contribution in [2.24, 2.45) is 0 Å². The molecule has 1 aliphatic heterocycles. The molecule has 6 heteroatoms. The monoisotopic (exact) mass is 224 g/mol. The van der Waals surface area contributed by atoms with Gasteiger partial charge in [-0.3, -0.25) is 0 Å². The first kappa shape index (κ1) is 12.2. The zero-order valence-electron chi connectivity index (χ0n) is 7.91. The van der Waals surface area contributed by atoms with Gasteiger partial charge in [0.15, 0.2) is 0 Å². The Labute approximate surface area is 86.7 Å². The molecule has 0 aromatic rings. The van der Waals surface area contributed by atoms with Gasteiger partial charge in [-0.15, -0.1) is 11.8 Å². The van der Waals surface area contributed by atoms with Crippen LogP contribution in [0.4, 0.5) is 0 Å². The predicted molar refractivity (Wildman–Crippen MR) is 51.9 cm³/mol. The summed E-state index contributed by atoms with van der Waals surface area (Å²) >= 11 is 1.33. The molecule has 0 aliphatic carbocycles. The Morgan fingerprint density at radius 2 is 1.79 bits per heavy atom. The Hall–Kier alpha value is 0.150. The van der Waals surface area contributed by atoms with Crippen molar-refractivity contribution in [3.63, 3.8) is 0 Å². The molecule has 0 saturated carbocycles. The normalized spacial score (nSPS) is 43.9. The van der Waals surface area contributed by atoms with E-state index in [0.717, 1.165) is 5.75 Å². The van der Waals surface area contributed by atoms with E-state index in [4.69, 9.17) is 9.84 Å². The summed E-state index contributed by atoms with van der Waals surface area (Å²) in [5, 5.41) is 37.2. The van der Waals surface area contributed by atoms with Crippen molar-refractivity contribution in [3.05, 3.63) is 0 Å². The number of aliphatic hydroxyl groups excluding tert-OH is 4. The van der Waals surface area contributed by atoms with E-state index in [0.29, 0.717) is 0 Å². The Kier molecular flexibility index (Phi) is 4.62. The standard InChI is InChI=1S/C8H16O5S/c1-2-14-8-7(12)6(11)5(10)4(3-9)13-8/h4-12H,2-3H2,1H3/t4-,5-,6+,7-,8-/m1/s1. The fourth-order valence-corrected chi connectivity index (χ4v) is 2.28. The van der Waals surface area contributed by atoms with E-state index < -0.39 is 29.9 Å². The Bertz CT molecular complexity index is 175. The molecule has 1 aliphatic rings. The average molecular weight is 224 g/mol. The molecule has 0 aromatic heterocycles.